The number of aryl methyl sites for hydroxylation is 1. The molecular formula is C16H16ClNO4S. The number of carboxylic acid groups (broad SMARTS) is 1. The Kier molecular flexibility index (Phi) is 5.74. The molecule has 2 aromatic rings. The van der Waals surface area contributed by atoms with Crippen LogP contribution in [0.4, 0.5) is 0 Å². The van der Waals surface area contributed by atoms with Gasteiger partial charge in [-0.05, 0) is 44.2 Å². The molecule has 0 fully saturated rings. The van der Waals surface area contributed by atoms with Gasteiger partial charge < -0.3 is 14.8 Å². The highest BCUT2D eigenvalue weighted by Gasteiger charge is 2.17. The Hall–Kier alpha value is -1.92. The maximum Gasteiger partial charge on any atom is 0.339 e. The fourth-order valence-electron chi connectivity index (χ4n) is 1.93. The minimum absolute atomic E-state index is 0.109. The molecule has 1 atom stereocenters. The van der Waals surface area contributed by atoms with Crippen LogP contribution in [0.5, 0.6) is 0 Å². The Labute approximate surface area is 143 Å². The molecule has 0 saturated heterocycles. The number of rotatable bonds is 6. The number of benzene rings is 1. The highest BCUT2D eigenvalue weighted by Crippen LogP contribution is 2.25. The monoisotopic (exact) mass is 353 g/mol. The quantitative estimate of drug-likeness (QED) is 0.773. The zero-order valence-electron chi connectivity index (χ0n) is 12.6. The summed E-state index contributed by atoms with van der Waals surface area (Å²) in [6, 6.07) is 8.67. The summed E-state index contributed by atoms with van der Waals surface area (Å²) >= 11 is 7.24. The molecule has 1 heterocycles. The van der Waals surface area contributed by atoms with E-state index in [4.69, 9.17) is 21.1 Å². The molecule has 1 unspecified atom stereocenters. The third-order valence-corrected chi connectivity index (χ3v) is 4.50. The minimum atomic E-state index is -1.05. The molecule has 1 aromatic carbocycles. The fourth-order valence-corrected chi connectivity index (χ4v) is 2.95. The number of nitrogens with one attached hydrogen (secondary N) is 1. The van der Waals surface area contributed by atoms with Crippen LogP contribution in [0.1, 0.15) is 28.8 Å². The topological polar surface area (TPSA) is 79.5 Å². The van der Waals surface area contributed by atoms with Crippen molar-refractivity contribution in [3.8, 4) is 0 Å². The van der Waals surface area contributed by atoms with Gasteiger partial charge in [0.2, 0.25) is 5.91 Å². The van der Waals surface area contributed by atoms with E-state index in [1.165, 1.54) is 17.8 Å². The molecule has 0 spiro atoms. The Morgan fingerprint density at radius 3 is 2.57 bits per heavy atom. The zero-order valence-corrected chi connectivity index (χ0v) is 14.2. The SMILES string of the molecule is Cc1oc(CNC(=O)C(C)Sc2ccc(Cl)cc2)cc1C(=O)O. The summed E-state index contributed by atoms with van der Waals surface area (Å²) in [5.74, 6) is -0.464. The van der Waals surface area contributed by atoms with Crippen molar-refractivity contribution in [1.29, 1.82) is 0 Å². The molecule has 1 aromatic heterocycles. The molecule has 122 valence electrons. The Morgan fingerprint density at radius 1 is 1.35 bits per heavy atom. The van der Waals surface area contributed by atoms with Crippen molar-refractivity contribution in [2.45, 2.75) is 30.5 Å². The van der Waals surface area contributed by atoms with E-state index in [1.807, 2.05) is 12.1 Å². The maximum absolute atomic E-state index is 12.1. The number of halogens is 1. The lowest BCUT2D eigenvalue weighted by molar-refractivity contribution is -0.120. The first-order valence-corrected chi connectivity index (χ1v) is 8.15. The van der Waals surface area contributed by atoms with E-state index in [0.29, 0.717) is 16.5 Å². The third kappa shape index (κ3) is 4.77. The van der Waals surface area contributed by atoms with E-state index in [2.05, 4.69) is 5.32 Å². The first-order chi connectivity index (χ1) is 10.9. The molecule has 23 heavy (non-hydrogen) atoms. The molecule has 0 saturated carbocycles. The molecule has 0 aliphatic rings. The van der Waals surface area contributed by atoms with Crippen molar-refractivity contribution in [3.05, 3.63) is 52.4 Å². The van der Waals surface area contributed by atoms with Crippen molar-refractivity contribution in [3.63, 3.8) is 0 Å². The van der Waals surface area contributed by atoms with Gasteiger partial charge in [0.1, 0.15) is 17.1 Å². The molecular weight excluding hydrogens is 338 g/mol. The summed E-state index contributed by atoms with van der Waals surface area (Å²) in [6.07, 6.45) is 0. The lowest BCUT2D eigenvalue weighted by Crippen LogP contribution is -2.30. The average molecular weight is 354 g/mol. The molecule has 0 aliphatic carbocycles. The molecule has 5 nitrogen and oxygen atoms in total. The molecule has 1 amide bonds. The summed E-state index contributed by atoms with van der Waals surface area (Å²) in [6.45, 7) is 3.52. The summed E-state index contributed by atoms with van der Waals surface area (Å²) in [4.78, 5) is 24.0. The maximum atomic E-state index is 12.1. The van der Waals surface area contributed by atoms with Crippen molar-refractivity contribution in [1.82, 2.24) is 5.32 Å². The first kappa shape index (κ1) is 17.4. The Morgan fingerprint density at radius 2 is 2.00 bits per heavy atom. The highest BCUT2D eigenvalue weighted by molar-refractivity contribution is 8.00. The lowest BCUT2D eigenvalue weighted by atomic mass is 10.2. The van der Waals surface area contributed by atoms with Crippen LogP contribution in [0.15, 0.2) is 39.6 Å². The van der Waals surface area contributed by atoms with E-state index >= 15 is 0 Å². The molecule has 2 N–H and O–H groups in total. The van der Waals surface area contributed by atoms with Gasteiger partial charge in [0.25, 0.3) is 0 Å². The fraction of sp³-hybridized carbons (Fsp3) is 0.250. The number of carbonyl (C=O) groups excluding carboxylic acids is 1. The van der Waals surface area contributed by atoms with Gasteiger partial charge in [-0.3, -0.25) is 4.79 Å². The standard InChI is InChI=1S/C16H16ClNO4S/c1-9-14(16(20)21)7-12(22-9)8-18-15(19)10(2)23-13-5-3-11(17)4-6-13/h3-7,10H,8H2,1-2H3,(H,18,19)(H,20,21). The minimum Gasteiger partial charge on any atom is -0.478 e. The summed E-state index contributed by atoms with van der Waals surface area (Å²) < 4.78 is 5.32. The Balaban J connectivity index is 1.90. The van der Waals surface area contributed by atoms with Crippen LogP contribution < -0.4 is 5.32 Å². The molecule has 7 heteroatoms. The highest BCUT2D eigenvalue weighted by atomic mass is 35.5. The van der Waals surface area contributed by atoms with E-state index in [-0.39, 0.29) is 23.3 Å². The average Bonchev–Trinajstić information content (AvgIpc) is 2.88. The van der Waals surface area contributed by atoms with E-state index in [0.717, 1.165) is 4.90 Å². The number of thioether (sulfide) groups is 1. The summed E-state index contributed by atoms with van der Waals surface area (Å²) in [7, 11) is 0. The van der Waals surface area contributed by atoms with Crippen LogP contribution in [0.3, 0.4) is 0 Å². The van der Waals surface area contributed by atoms with Crippen LogP contribution in [-0.2, 0) is 11.3 Å². The summed E-state index contributed by atoms with van der Waals surface area (Å²) in [5, 5.41) is 12.1. The molecule has 0 bridgehead atoms. The first-order valence-electron chi connectivity index (χ1n) is 6.89. The van der Waals surface area contributed by atoms with Gasteiger partial charge in [-0.2, -0.15) is 0 Å². The zero-order chi connectivity index (χ0) is 17.0. The number of hydrogen-bond acceptors (Lipinski definition) is 4. The normalized spacial score (nSPS) is 12.0. The van der Waals surface area contributed by atoms with Gasteiger partial charge in [0.05, 0.1) is 11.8 Å². The van der Waals surface area contributed by atoms with Crippen LogP contribution in [0, 0.1) is 6.92 Å². The number of aromatic carboxylic acids is 1. The molecule has 2 rings (SSSR count). The van der Waals surface area contributed by atoms with E-state index in [9.17, 15) is 9.59 Å². The van der Waals surface area contributed by atoms with Crippen molar-refractivity contribution in [2.75, 3.05) is 0 Å². The van der Waals surface area contributed by atoms with Crippen LogP contribution in [-0.4, -0.2) is 22.2 Å². The van der Waals surface area contributed by atoms with E-state index < -0.39 is 5.97 Å². The van der Waals surface area contributed by atoms with Gasteiger partial charge in [-0.1, -0.05) is 11.6 Å². The largest absolute Gasteiger partial charge is 0.478 e. The van der Waals surface area contributed by atoms with Crippen LogP contribution in [0.2, 0.25) is 5.02 Å². The number of furan rings is 1. The second-order valence-corrected chi connectivity index (χ2v) is 6.77. The van der Waals surface area contributed by atoms with Crippen molar-refractivity contribution < 1.29 is 19.1 Å². The summed E-state index contributed by atoms with van der Waals surface area (Å²) in [5.41, 5.74) is 0.109. The van der Waals surface area contributed by atoms with E-state index in [1.54, 1.807) is 26.0 Å². The lowest BCUT2D eigenvalue weighted by Gasteiger charge is -2.11. The number of hydrogen-bond donors (Lipinski definition) is 2. The van der Waals surface area contributed by atoms with Crippen molar-refractivity contribution >= 4 is 35.2 Å². The molecule has 0 aliphatic heterocycles. The molecule has 0 radical (unpaired) electrons. The second kappa shape index (κ2) is 7.57. The van der Waals surface area contributed by atoms with Gasteiger partial charge in [0.15, 0.2) is 0 Å². The number of carboxylic acids is 1. The van der Waals surface area contributed by atoms with Gasteiger partial charge in [-0.25, -0.2) is 4.79 Å². The second-order valence-electron chi connectivity index (χ2n) is 4.92. The smallest absolute Gasteiger partial charge is 0.339 e. The van der Waals surface area contributed by atoms with Crippen molar-refractivity contribution in [2.24, 2.45) is 0 Å². The van der Waals surface area contributed by atoms with Crippen LogP contribution >= 0.6 is 23.4 Å². The predicted octanol–water partition coefficient (Wildman–Crippen LogP) is 3.74. The Bertz CT molecular complexity index is 711. The third-order valence-electron chi connectivity index (χ3n) is 3.13. The predicted molar refractivity (Wildman–Crippen MR) is 89.0 cm³/mol. The van der Waals surface area contributed by atoms with Crippen LogP contribution in [0.25, 0.3) is 0 Å². The van der Waals surface area contributed by atoms with Gasteiger partial charge in [-0.15, -0.1) is 11.8 Å². The van der Waals surface area contributed by atoms with Gasteiger partial charge in [0, 0.05) is 9.92 Å². The number of amides is 1. The number of carbonyl (C=O) groups is 2. The van der Waals surface area contributed by atoms with Gasteiger partial charge >= 0.3 is 5.97 Å².